The predicted octanol–water partition coefficient (Wildman–Crippen LogP) is 5.91. The molecular weight excluding hydrogens is 837 g/mol. The molecule has 0 radical (unpaired) electrons. The molecule has 0 aromatic carbocycles. The minimum absolute atomic E-state index is 0.161. The standard InChI is InChI=1S/C45H76N4O13S/c1-16-42(14,32(9)50)61-30(7)37(54)44(18-3,19-4)58-28-35(52)49(41(11,12)13)26-34(27-57-40-39(46-63-47-40)48-22-24-56-25-23-48)60-36(53)29-59-45(20-5,21-6)38(55)31(8)62-43(15,17-2)33(10)51/h30-31,34H,16-29H2,1-15H3/t30?,31?,34-,42?,43?/m0/s1. The van der Waals surface area contributed by atoms with E-state index in [4.69, 9.17) is 33.2 Å². The minimum Gasteiger partial charge on any atom is -0.470 e. The van der Waals surface area contributed by atoms with Crippen LogP contribution in [0.1, 0.15) is 142 Å². The first-order valence-electron chi connectivity index (χ1n) is 22.4. The molecule has 0 aliphatic carbocycles. The Morgan fingerprint density at radius 1 is 0.714 bits per heavy atom. The molecular formula is C45H76N4O13S. The number of ether oxygens (including phenoxy) is 7. The van der Waals surface area contributed by atoms with E-state index in [0.717, 1.165) is 11.7 Å². The van der Waals surface area contributed by atoms with Gasteiger partial charge in [0.1, 0.15) is 54.4 Å². The molecule has 0 saturated carbocycles. The first kappa shape index (κ1) is 55.7. The number of Topliss-reactive ketones (excluding diaryl/α,β-unsaturated/α-hetero) is 4. The highest BCUT2D eigenvalue weighted by atomic mass is 32.1. The molecule has 0 bridgehead atoms. The van der Waals surface area contributed by atoms with Crippen molar-refractivity contribution in [1.82, 2.24) is 13.6 Å². The second kappa shape index (κ2) is 24.2. The van der Waals surface area contributed by atoms with Gasteiger partial charge in [0.2, 0.25) is 11.7 Å². The third-order valence-corrected chi connectivity index (χ3v) is 13.0. The van der Waals surface area contributed by atoms with Gasteiger partial charge in [-0.15, -0.1) is 4.37 Å². The van der Waals surface area contributed by atoms with Gasteiger partial charge in [0.05, 0.1) is 31.5 Å². The van der Waals surface area contributed by atoms with E-state index < -0.39 is 77.1 Å². The van der Waals surface area contributed by atoms with Crippen molar-refractivity contribution in [2.75, 3.05) is 57.6 Å². The molecule has 1 aromatic rings. The van der Waals surface area contributed by atoms with E-state index in [2.05, 4.69) is 8.75 Å². The lowest BCUT2D eigenvalue weighted by molar-refractivity contribution is -0.180. The van der Waals surface area contributed by atoms with Crippen LogP contribution >= 0.6 is 11.7 Å². The fourth-order valence-corrected chi connectivity index (χ4v) is 7.91. The molecule has 18 heteroatoms. The number of amides is 1. The van der Waals surface area contributed by atoms with Crippen LogP contribution in [0.15, 0.2) is 0 Å². The number of nitrogens with zero attached hydrogens (tertiary/aromatic N) is 4. The van der Waals surface area contributed by atoms with Crippen molar-refractivity contribution in [1.29, 1.82) is 0 Å². The smallest absolute Gasteiger partial charge is 0.332 e. The molecule has 0 spiro atoms. The maximum atomic E-state index is 14.3. The average Bonchev–Trinajstić information content (AvgIpc) is 3.73. The summed E-state index contributed by atoms with van der Waals surface area (Å²) in [5.41, 5.74) is -6.00. The largest absolute Gasteiger partial charge is 0.470 e. The lowest BCUT2D eigenvalue weighted by Crippen LogP contribution is -2.55. The number of esters is 1. The Morgan fingerprint density at radius 3 is 1.59 bits per heavy atom. The van der Waals surface area contributed by atoms with Gasteiger partial charge in [-0.1, -0.05) is 41.5 Å². The number of aromatic nitrogens is 2. The average molecular weight is 913 g/mol. The highest BCUT2D eigenvalue weighted by Gasteiger charge is 2.45. The number of hydrogen-bond donors (Lipinski definition) is 0. The molecule has 4 unspecified atom stereocenters. The van der Waals surface area contributed by atoms with Gasteiger partial charge in [0.25, 0.3) is 5.88 Å². The third kappa shape index (κ3) is 14.5. The van der Waals surface area contributed by atoms with Gasteiger partial charge in [-0.05, 0) is 101 Å². The van der Waals surface area contributed by atoms with Crippen LogP contribution in [-0.4, -0.2) is 148 Å². The molecule has 1 saturated heterocycles. The van der Waals surface area contributed by atoms with E-state index in [1.807, 2.05) is 32.6 Å². The van der Waals surface area contributed by atoms with E-state index in [1.165, 1.54) is 18.7 Å². The normalized spacial score (nSPS) is 17.2. The van der Waals surface area contributed by atoms with Crippen LogP contribution in [0.5, 0.6) is 5.88 Å². The summed E-state index contributed by atoms with van der Waals surface area (Å²) in [6.45, 7) is 26.1. The highest BCUT2D eigenvalue weighted by molar-refractivity contribution is 6.99. The molecule has 1 fully saturated rings. The summed E-state index contributed by atoms with van der Waals surface area (Å²) in [7, 11) is 0. The van der Waals surface area contributed by atoms with E-state index in [9.17, 15) is 28.8 Å². The second-order valence-electron chi connectivity index (χ2n) is 17.6. The van der Waals surface area contributed by atoms with E-state index in [-0.39, 0.29) is 62.1 Å². The van der Waals surface area contributed by atoms with Gasteiger partial charge in [0, 0.05) is 18.6 Å². The summed E-state index contributed by atoms with van der Waals surface area (Å²) in [5.74, 6) is -1.78. The number of morpholine rings is 1. The Kier molecular flexibility index (Phi) is 21.4. The molecule has 1 aliphatic heterocycles. The minimum atomic E-state index is -1.42. The number of rotatable bonds is 29. The summed E-state index contributed by atoms with van der Waals surface area (Å²) < 4.78 is 50.9. The van der Waals surface area contributed by atoms with Crippen molar-refractivity contribution in [2.24, 2.45) is 0 Å². The summed E-state index contributed by atoms with van der Waals surface area (Å²) in [5, 5.41) is 0. The zero-order valence-corrected chi connectivity index (χ0v) is 41.5. The van der Waals surface area contributed by atoms with Gasteiger partial charge in [-0.2, -0.15) is 4.37 Å². The lowest BCUT2D eigenvalue weighted by Gasteiger charge is -2.40. The SMILES string of the molecule is CCC(C)(OC(C)C(=O)C(CC)(CC)OCC(=O)O[C@H](COc1nsnc1N1CCOCC1)CN(C(=O)COC(CC)(CC)C(=O)C(C)OC(C)(CC)C(C)=O)C(C)(C)C)C(C)=O. The van der Waals surface area contributed by atoms with Gasteiger partial charge < -0.3 is 43.0 Å². The van der Waals surface area contributed by atoms with Crippen molar-refractivity contribution in [3.8, 4) is 5.88 Å². The first-order chi connectivity index (χ1) is 29.4. The van der Waals surface area contributed by atoms with Crippen LogP contribution in [0, 0.1) is 0 Å². The van der Waals surface area contributed by atoms with Crippen LogP contribution < -0.4 is 9.64 Å². The predicted molar refractivity (Wildman–Crippen MR) is 238 cm³/mol. The van der Waals surface area contributed by atoms with Crippen molar-refractivity contribution in [3.63, 3.8) is 0 Å². The maximum absolute atomic E-state index is 14.3. The van der Waals surface area contributed by atoms with Gasteiger partial charge >= 0.3 is 5.97 Å². The number of ketones is 4. The van der Waals surface area contributed by atoms with Gasteiger partial charge in [-0.3, -0.25) is 24.0 Å². The Balaban J connectivity index is 2.42. The Morgan fingerprint density at radius 2 is 1.17 bits per heavy atom. The monoisotopic (exact) mass is 913 g/mol. The Labute approximate surface area is 379 Å². The van der Waals surface area contributed by atoms with Crippen molar-refractivity contribution in [2.45, 2.75) is 189 Å². The molecule has 1 aliphatic rings. The molecule has 0 N–H and O–H groups in total. The van der Waals surface area contributed by atoms with Crippen LogP contribution in [0.4, 0.5) is 5.82 Å². The van der Waals surface area contributed by atoms with Crippen LogP contribution in [0.25, 0.3) is 0 Å². The molecule has 2 rings (SSSR count). The second-order valence-corrected chi connectivity index (χ2v) is 18.1. The topological polar surface area (TPSA) is 199 Å². The van der Waals surface area contributed by atoms with Gasteiger partial charge in [0.15, 0.2) is 29.2 Å². The zero-order chi connectivity index (χ0) is 48.0. The summed E-state index contributed by atoms with van der Waals surface area (Å²) in [4.78, 5) is 84.2. The first-order valence-corrected chi connectivity index (χ1v) is 23.1. The Bertz CT molecular complexity index is 1680. The quantitative estimate of drug-likeness (QED) is 0.0859. The van der Waals surface area contributed by atoms with Crippen molar-refractivity contribution < 1.29 is 61.9 Å². The number of anilines is 1. The molecule has 17 nitrogen and oxygen atoms in total. The molecule has 2 heterocycles. The van der Waals surface area contributed by atoms with Crippen LogP contribution in [0.3, 0.4) is 0 Å². The van der Waals surface area contributed by atoms with E-state index in [0.29, 0.717) is 45.0 Å². The molecule has 63 heavy (non-hydrogen) atoms. The molecule has 360 valence electrons. The van der Waals surface area contributed by atoms with E-state index in [1.54, 1.807) is 62.3 Å². The number of hydrogen-bond acceptors (Lipinski definition) is 17. The zero-order valence-electron chi connectivity index (χ0n) is 40.6. The van der Waals surface area contributed by atoms with Crippen LogP contribution in [-0.2, 0) is 57.2 Å². The summed E-state index contributed by atoms with van der Waals surface area (Å²) >= 11 is 0.968. The third-order valence-electron chi connectivity index (χ3n) is 12.5. The van der Waals surface area contributed by atoms with Crippen LogP contribution in [0.2, 0.25) is 0 Å². The highest BCUT2D eigenvalue weighted by Crippen LogP contribution is 2.31. The summed E-state index contributed by atoms with van der Waals surface area (Å²) in [6, 6.07) is 0. The van der Waals surface area contributed by atoms with Crippen molar-refractivity contribution in [3.05, 3.63) is 0 Å². The van der Waals surface area contributed by atoms with Gasteiger partial charge in [-0.25, -0.2) is 4.79 Å². The Hall–Kier alpha value is -3.42. The summed E-state index contributed by atoms with van der Waals surface area (Å²) in [6.07, 6.45) is -1.47. The van der Waals surface area contributed by atoms with Crippen molar-refractivity contribution >= 4 is 52.6 Å². The molecule has 5 atom stereocenters. The molecule has 1 aromatic heterocycles. The molecule has 1 amide bonds. The number of carbonyl (C=O) groups excluding carboxylic acids is 6. The maximum Gasteiger partial charge on any atom is 0.332 e. The lowest BCUT2D eigenvalue weighted by atomic mass is 9.88. The fourth-order valence-electron chi connectivity index (χ4n) is 7.39. The van der Waals surface area contributed by atoms with E-state index >= 15 is 0 Å². The fraction of sp³-hybridized carbons (Fsp3) is 0.822. The number of carbonyl (C=O) groups is 6.